The first-order chi connectivity index (χ1) is 11.0. The maximum atomic E-state index is 12.8. The van der Waals surface area contributed by atoms with E-state index in [-0.39, 0.29) is 0 Å². The van der Waals surface area contributed by atoms with E-state index in [2.05, 4.69) is 21.7 Å². The molecule has 1 aliphatic rings. The molecule has 0 aliphatic carbocycles. The van der Waals surface area contributed by atoms with E-state index in [0.29, 0.717) is 28.6 Å². The molecule has 4 nitrogen and oxygen atoms in total. The van der Waals surface area contributed by atoms with Gasteiger partial charge in [-0.15, -0.1) is 0 Å². The summed E-state index contributed by atoms with van der Waals surface area (Å²) in [6.07, 6.45) is 0. The highest BCUT2D eigenvalue weighted by atomic mass is 35.5. The first kappa shape index (κ1) is 16.9. The topological polar surface area (TPSA) is 40.6 Å². The quantitative estimate of drug-likeness (QED) is 0.829. The monoisotopic (exact) mass is 370 g/mol. The summed E-state index contributed by atoms with van der Waals surface area (Å²) in [6.45, 7) is 5.15. The lowest BCUT2D eigenvalue weighted by molar-refractivity contribution is 0.182. The summed E-state index contributed by atoms with van der Waals surface area (Å²) in [5.41, 5.74) is 1.91. The van der Waals surface area contributed by atoms with Crippen molar-refractivity contribution in [2.75, 3.05) is 26.2 Å². The number of benzene rings is 1. The molecular weight excluding hydrogens is 352 g/mol. The number of rotatable bonds is 4. The van der Waals surface area contributed by atoms with Crippen molar-refractivity contribution < 1.29 is 8.42 Å². The van der Waals surface area contributed by atoms with Crippen LogP contribution in [0.4, 0.5) is 0 Å². The van der Waals surface area contributed by atoms with E-state index in [0.717, 1.165) is 19.6 Å². The van der Waals surface area contributed by atoms with Gasteiger partial charge >= 0.3 is 0 Å². The third kappa shape index (κ3) is 3.61. The Hall–Kier alpha value is -0.920. The highest BCUT2D eigenvalue weighted by Crippen LogP contribution is 2.26. The van der Waals surface area contributed by atoms with Gasteiger partial charge in [-0.1, -0.05) is 17.7 Å². The SMILES string of the molecule is Cc1c(Cl)cccc1S(=O)(=O)N1CCN(Cc2ccsc2)CC1. The molecule has 0 radical (unpaired) electrons. The van der Waals surface area contributed by atoms with Gasteiger partial charge in [0, 0.05) is 37.7 Å². The molecule has 0 atom stereocenters. The summed E-state index contributed by atoms with van der Waals surface area (Å²) >= 11 is 7.76. The van der Waals surface area contributed by atoms with Crippen LogP contribution in [-0.4, -0.2) is 43.8 Å². The van der Waals surface area contributed by atoms with Gasteiger partial charge in [-0.05, 0) is 47.0 Å². The Bertz CT molecular complexity index is 767. The van der Waals surface area contributed by atoms with Crippen molar-refractivity contribution >= 4 is 33.0 Å². The molecule has 1 aliphatic heterocycles. The maximum Gasteiger partial charge on any atom is 0.243 e. The third-order valence-corrected chi connectivity index (χ3v) is 7.34. The molecule has 124 valence electrons. The van der Waals surface area contributed by atoms with Crippen molar-refractivity contribution in [1.82, 2.24) is 9.21 Å². The van der Waals surface area contributed by atoms with Gasteiger partial charge in [0.05, 0.1) is 4.90 Å². The molecule has 7 heteroatoms. The van der Waals surface area contributed by atoms with Gasteiger partial charge in [0.15, 0.2) is 0 Å². The van der Waals surface area contributed by atoms with Crippen LogP contribution < -0.4 is 0 Å². The molecule has 1 fully saturated rings. The van der Waals surface area contributed by atoms with E-state index in [1.54, 1.807) is 40.8 Å². The molecule has 0 spiro atoms. The minimum Gasteiger partial charge on any atom is -0.296 e. The Balaban J connectivity index is 1.70. The van der Waals surface area contributed by atoms with Crippen molar-refractivity contribution in [1.29, 1.82) is 0 Å². The second-order valence-corrected chi connectivity index (χ2v) is 8.77. The van der Waals surface area contributed by atoms with Crippen LogP contribution in [0.2, 0.25) is 5.02 Å². The summed E-state index contributed by atoms with van der Waals surface area (Å²) in [6, 6.07) is 7.15. The van der Waals surface area contributed by atoms with E-state index < -0.39 is 10.0 Å². The average molecular weight is 371 g/mol. The van der Waals surface area contributed by atoms with Crippen LogP contribution in [0.5, 0.6) is 0 Å². The zero-order valence-corrected chi connectivity index (χ0v) is 15.3. The largest absolute Gasteiger partial charge is 0.296 e. The summed E-state index contributed by atoms with van der Waals surface area (Å²) in [5, 5.41) is 4.69. The fourth-order valence-electron chi connectivity index (χ4n) is 2.78. The molecule has 1 aromatic carbocycles. The molecular formula is C16H19ClN2O2S2. The minimum absolute atomic E-state index is 0.316. The zero-order valence-electron chi connectivity index (χ0n) is 12.9. The van der Waals surface area contributed by atoms with Gasteiger partial charge in [-0.3, -0.25) is 4.90 Å². The number of halogens is 1. The molecule has 2 aromatic rings. The molecule has 2 heterocycles. The fourth-order valence-corrected chi connectivity index (χ4v) is 5.34. The lowest BCUT2D eigenvalue weighted by Gasteiger charge is -2.34. The number of sulfonamides is 1. The third-order valence-electron chi connectivity index (χ3n) is 4.15. The van der Waals surface area contributed by atoms with E-state index >= 15 is 0 Å². The van der Waals surface area contributed by atoms with Crippen molar-refractivity contribution in [3.8, 4) is 0 Å². The minimum atomic E-state index is -3.48. The maximum absolute atomic E-state index is 12.8. The highest BCUT2D eigenvalue weighted by Gasteiger charge is 2.29. The van der Waals surface area contributed by atoms with Gasteiger partial charge in [-0.2, -0.15) is 15.6 Å². The van der Waals surface area contributed by atoms with Gasteiger partial charge in [0.25, 0.3) is 0 Å². The van der Waals surface area contributed by atoms with Gasteiger partial charge in [0.2, 0.25) is 10.0 Å². The molecule has 0 unspecified atom stereocenters. The van der Waals surface area contributed by atoms with Crippen LogP contribution in [-0.2, 0) is 16.6 Å². The van der Waals surface area contributed by atoms with E-state index in [1.807, 2.05) is 0 Å². The highest BCUT2D eigenvalue weighted by molar-refractivity contribution is 7.89. The Kier molecular flexibility index (Phi) is 5.08. The van der Waals surface area contributed by atoms with Gasteiger partial charge in [-0.25, -0.2) is 8.42 Å². The predicted molar refractivity (Wildman–Crippen MR) is 94.5 cm³/mol. The number of hydrogen-bond acceptors (Lipinski definition) is 4. The second kappa shape index (κ2) is 6.91. The standard InChI is InChI=1S/C16H19ClN2O2S2/c1-13-15(17)3-2-4-16(13)23(20,21)19-8-6-18(7-9-19)11-14-5-10-22-12-14/h2-5,10,12H,6-9,11H2,1H3. The summed E-state index contributed by atoms with van der Waals surface area (Å²) in [4.78, 5) is 2.61. The molecule has 1 aromatic heterocycles. The first-order valence-electron chi connectivity index (χ1n) is 7.47. The Morgan fingerprint density at radius 1 is 1.17 bits per heavy atom. The van der Waals surface area contributed by atoms with Crippen LogP contribution in [0, 0.1) is 6.92 Å². The van der Waals surface area contributed by atoms with Crippen LogP contribution >= 0.6 is 22.9 Å². The molecule has 1 saturated heterocycles. The number of piperazine rings is 1. The smallest absolute Gasteiger partial charge is 0.243 e. The molecule has 0 saturated carbocycles. The summed E-state index contributed by atoms with van der Waals surface area (Å²) in [7, 11) is -3.48. The fraction of sp³-hybridized carbons (Fsp3) is 0.375. The van der Waals surface area contributed by atoms with Crippen LogP contribution in [0.25, 0.3) is 0 Å². The predicted octanol–water partition coefficient (Wildman–Crippen LogP) is 3.22. The summed E-state index contributed by atoms with van der Waals surface area (Å²) in [5.74, 6) is 0. The van der Waals surface area contributed by atoms with Crippen LogP contribution in [0.3, 0.4) is 0 Å². The number of thiophene rings is 1. The molecule has 0 bridgehead atoms. The summed E-state index contributed by atoms with van der Waals surface area (Å²) < 4.78 is 27.2. The average Bonchev–Trinajstić information content (AvgIpc) is 3.03. The van der Waals surface area contributed by atoms with Crippen LogP contribution in [0.1, 0.15) is 11.1 Å². The van der Waals surface area contributed by atoms with Crippen molar-refractivity contribution in [3.63, 3.8) is 0 Å². The van der Waals surface area contributed by atoms with Gasteiger partial charge < -0.3 is 0 Å². The molecule has 3 rings (SSSR count). The molecule has 0 amide bonds. The number of hydrogen-bond donors (Lipinski definition) is 0. The van der Waals surface area contributed by atoms with E-state index in [1.165, 1.54) is 5.56 Å². The normalized spacial score (nSPS) is 17.5. The van der Waals surface area contributed by atoms with Crippen molar-refractivity contribution in [3.05, 3.63) is 51.2 Å². The lowest BCUT2D eigenvalue weighted by Crippen LogP contribution is -2.48. The number of nitrogens with zero attached hydrogens (tertiary/aromatic N) is 2. The molecule has 0 N–H and O–H groups in total. The van der Waals surface area contributed by atoms with Crippen molar-refractivity contribution in [2.45, 2.75) is 18.4 Å². The van der Waals surface area contributed by atoms with Crippen LogP contribution in [0.15, 0.2) is 39.9 Å². The zero-order chi connectivity index (χ0) is 16.4. The van der Waals surface area contributed by atoms with E-state index in [4.69, 9.17) is 11.6 Å². The van der Waals surface area contributed by atoms with E-state index in [9.17, 15) is 8.42 Å². The van der Waals surface area contributed by atoms with Crippen molar-refractivity contribution in [2.24, 2.45) is 0 Å². The Morgan fingerprint density at radius 3 is 2.57 bits per heavy atom. The first-order valence-corrected chi connectivity index (χ1v) is 10.2. The Morgan fingerprint density at radius 2 is 1.91 bits per heavy atom. The second-order valence-electron chi connectivity index (χ2n) is 5.67. The van der Waals surface area contributed by atoms with Gasteiger partial charge in [0.1, 0.15) is 0 Å². The molecule has 23 heavy (non-hydrogen) atoms. The lowest BCUT2D eigenvalue weighted by atomic mass is 10.2. The Labute approximate surface area is 146 Å².